The molecular formula is C12H14N4O3S2. The lowest BCUT2D eigenvalue weighted by Gasteiger charge is -2.10. The van der Waals surface area contributed by atoms with E-state index in [0.29, 0.717) is 11.3 Å². The highest BCUT2D eigenvalue weighted by Gasteiger charge is 2.20. The van der Waals surface area contributed by atoms with E-state index in [-0.39, 0.29) is 15.7 Å². The Morgan fingerprint density at radius 2 is 2.00 bits per heavy atom. The highest BCUT2D eigenvalue weighted by Crippen LogP contribution is 2.21. The van der Waals surface area contributed by atoms with Crippen molar-refractivity contribution in [1.29, 1.82) is 0 Å². The average Bonchev–Trinajstić information content (AvgIpc) is 2.80. The first kappa shape index (κ1) is 15.3. The van der Waals surface area contributed by atoms with Gasteiger partial charge >= 0.3 is 0 Å². The van der Waals surface area contributed by atoms with Gasteiger partial charge in [0, 0.05) is 7.05 Å². The smallest absolute Gasteiger partial charge is 0.263 e. The van der Waals surface area contributed by atoms with E-state index in [1.54, 1.807) is 19.2 Å². The Morgan fingerprint density at radius 3 is 2.52 bits per heavy atom. The maximum atomic E-state index is 12.3. The Morgan fingerprint density at radius 1 is 1.38 bits per heavy atom. The van der Waals surface area contributed by atoms with Gasteiger partial charge in [-0.25, -0.2) is 8.42 Å². The molecule has 0 saturated carbocycles. The number of thiocarbonyl (C=S) groups is 1. The van der Waals surface area contributed by atoms with Gasteiger partial charge in [-0.2, -0.15) is 5.10 Å². The maximum absolute atomic E-state index is 12.3. The number of sulfonamides is 1. The second-order valence-electron chi connectivity index (χ2n) is 4.18. The predicted octanol–water partition coefficient (Wildman–Crippen LogP) is 0.864. The molecule has 0 saturated heterocycles. The lowest BCUT2D eigenvalue weighted by molar-refractivity contribution is 0.414. The molecule has 7 nitrogen and oxygen atoms in total. The monoisotopic (exact) mass is 326 g/mol. The third-order valence-corrected chi connectivity index (χ3v) is 4.38. The van der Waals surface area contributed by atoms with Crippen LogP contribution in [0.1, 0.15) is 5.56 Å². The van der Waals surface area contributed by atoms with Gasteiger partial charge in [-0.15, -0.1) is 0 Å². The first-order valence-electron chi connectivity index (χ1n) is 5.84. The summed E-state index contributed by atoms with van der Waals surface area (Å²) >= 11 is 4.87. The lowest BCUT2D eigenvalue weighted by atomic mass is 10.3. The van der Waals surface area contributed by atoms with Crippen LogP contribution in [-0.2, 0) is 17.1 Å². The number of methoxy groups -OCH3 is 1. The molecule has 0 bridgehead atoms. The van der Waals surface area contributed by atoms with Crippen LogP contribution in [0.25, 0.3) is 0 Å². The van der Waals surface area contributed by atoms with Crippen LogP contribution < -0.4 is 15.2 Å². The highest BCUT2D eigenvalue weighted by atomic mass is 32.2. The molecule has 0 spiro atoms. The van der Waals surface area contributed by atoms with Gasteiger partial charge in [-0.3, -0.25) is 9.40 Å². The number of aryl methyl sites for hydroxylation is 1. The van der Waals surface area contributed by atoms with Crippen molar-refractivity contribution in [2.24, 2.45) is 12.8 Å². The normalized spacial score (nSPS) is 11.1. The zero-order valence-electron chi connectivity index (χ0n) is 11.4. The number of nitrogens with two attached hydrogens (primary N) is 1. The molecule has 0 unspecified atom stereocenters. The van der Waals surface area contributed by atoms with Crippen LogP contribution in [0.2, 0.25) is 0 Å². The second-order valence-corrected chi connectivity index (χ2v) is 6.30. The molecule has 0 fully saturated rings. The van der Waals surface area contributed by atoms with Gasteiger partial charge < -0.3 is 10.5 Å². The number of nitrogens with one attached hydrogen (secondary N) is 1. The molecule has 3 N–H and O–H groups in total. The van der Waals surface area contributed by atoms with Crippen LogP contribution in [0.3, 0.4) is 0 Å². The van der Waals surface area contributed by atoms with Crippen molar-refractivity contribution in [1.82, 2.24) is 9.78 Å². The number of ether oxygens (including phenoxy) is 1. The van der Waals surface area contributed by atoms with Gasteiger partial charge in [0.1, 0.15) is 16.6 Å². The summed E-state index contributed by atoms with van der Waals surface area (Å²) in [6.45, 7) is 0. The van der Waals surface area contributed by atoms with Gasteiger partial charge in [0.05, 0.1) is 23.8 Å². The fraction of sp³-hybridized carbons (Fsp3) is 0.167. The number of hydrogen-bond donors (Lipinski definition) is 2. The summed E-state index contributed by atoms with van der Waals surface area (Å²) < 4.78 is 33.5. The molecule has 0 aliphatic rings. The Bertz CT molecular complexity index is 766. The van der Waals surface area contributed by atoms with E-state index in [1.165, 1.54) is 30.1 Å². The molecule has 9 heteroatoms. The van der Waals surface area contributed by atoms with Crippen molar-refractivity contribution in [3.05, 3.63) is 36.0 Å². The van der Waals surface area contributed by atoms with E-state index >= 15 is 0 Å². The minimum absolute atomic E-state index is 0.0653. The molecule has 21 heavy (non-hydrogen) atoms. The number of benzene rings is 1. The number of aromatic nitrogens is 2. The Kier molecular flexibility index (Phi) is 4.14. The van der Waals surface area contributed by atoms with E-state index < -0.39 is 10.0 Å². The van der Waals surface area contributed by atoms with Crippen LogP contribution in [-0.4, -0.2) is 30.3 Å². The molecule has 0 atom stereocenters. The van der Waals surface area contributed by atoms with Gasteiger partial charge in [0.2, 0.25) is 0 Å². The minimum atomic E-state index is -3.77. The third-order valence-electron chi connectivity index (χ3n) is 2.81. The summed E-state index contributed by atoms with van der Waals surface area (Å²) in [6, 6.07) is 6.01. The van der Waals surface area contributed by atoms with Gasteiger partial charge in [-0.05, 0) is 24.3 Å². The zero-order valence-corrected chi connectivity index (χ0v) is 13.0. The SMILES string of the molecule is COc1ccc(S(=O)(=O)Nc2c(C(N)=S)cnn2C)cc1. The van der Waals surface area contributed by atoms with Crippen molar-refractivity contribution in [2.75, 3.05) is 11.8 Å². The van der Waals surface area contributed by atoms with Crippen LogP contribution in [0, 0.1) is 0 Å². The molecule has 0 aliphatic heterocycles. The summed E-state index contributed by atoms with van der Waals surface area (Å²) in [5, 5.41) is 3.95. The van der Waals surface area contributed by atoms with Crippen LogP contribution >= 0.6 is 12.2 Å². The molecule has 0 aliphatic carbocycles. The second kappa shape index (κ2) is 5.70. The molecule has 112 valence electrons. The summed E-state index contributed by atoms with van der Waals surface area (Å²) in [6.07, 6.45) is 1.41. The van der Waals surface area contributed by atoms with Crippen LogP contribution in [0.5, 0.6) is 5.75 Å². The van der Waals surface area contributed by atoms with E-state index in [2.05, 4.69) is 9.82 Å². The highest BCUT2D eigenvalue weighted by molar-refractivity contribution is 7.92. The molecular weight excluding hydrogens is 312 g/mol. The largest absolute Gasteiger partial charge is 0.497 e. The van der Waals surface area contributed by atoms with E-state index in [1.807, 2.05) is 0 Å². The quantitative estimate of drug-likeness (QED) is 0.791. The van der Waals surface area contributed by atoms with E-state index in [0.717, 1.165) is 0 Å². The van der Waals surface area contributed by atoms with Gasteiger partial charge in [0.15, 0.2) is 0 Å². The minimum Gasteiger partial charge on any atom is -0.497 e. The first-order chi connectivity index (χ1) is 9.85. The van der Waals surface area contributed by atoms with Crippen molar-refractivity contribution in [3.8, 4) is 5.75 Å². The topological polar surface area (TPSA) is 99.2 Å². The average molecular weight is 326 g/mol. The van der Waals surface area contributed by atoms with Gasteiger partial charge in [-0.1, -0.05) is 12.2 Å². The zero-order chi connectivity index (χ0) is 15.6. The molecule has 0 amide bonds. The van der Waals surface area contributed by atoms with Crippen molar-refractivity contribution >= 4 is 33.0 Å². The first-order valence-corrected chi connectivity index (χ1v) is 7.73. The molecule has 1 heterocycles. The molecule has 0 radical (unpaired) electrons. The van der Waals surface area contributed by atoms with Crippen LogP contribution in [0.15, 0.2) is 35.4 Å². The standard InChI is InChI=1S/C12H14N4O3S2/c1-16-12(10(7-14-16)11(13)20)15-21(17,18)9-5-3-8(19-2)4-6-9/h3-7,15H,1-2H3,(H2,13,20). The van der Waals surface area contributed by atoms with Crippen LogP contribution in [0.4, 0.5) is 5.82 Å². The third kappa shape index (κ3) is 3.14. The fourth-order valence-electron chi connectivity index (χ4n) is 1.68. The molecule has 1 aromatic carbocycles. The number of rotatable bonds is 5. The number of nitrogens with zero attached hydrogens (tertiary/aromatic N) is 2. The fourth-order valence-corrected chi connectivity index (χ4v) is 2.94. The molecule has 2 aromatic rings. The van der Waals surface area contributed by atoms with Crippen molar-refractivity contribution in [2.45, 2.75) is 4.90 Å². The molecule has 1 aromatic heterocycles. The van der Waals surface area contributed by atoms with Crippen molar-refractivity contribution in [3.63, 3.8) is 0 Å². The van der Waals surface area contributed by atoms with E-state index in [9.17, 15) is 8.42 Å². The maximum Gasteiger partial charge on any atom is 0.263 e. The summed E-state index contributed by atoms with van der Waals surface area (Å²) in [4.78, 5) is 0.161. The predicted molar refractivity (Wildman–Crippen MR) is 82.9 cm³/mol. The van der Waals surface area contributed by atoms with E-state index in [4.69, 9.17) is 22.7 Å². The Hall–Kier alpha value is -2.13. The summed E-state index contributed by atoms with van der Waals surface area (Å²) in [5.41, 5.74) is 5.92. The summed E-state index contributed by atoms with van der Waals surface area (Å²) in [7, 11) is -0.672. The Balaban J connectivity index is 2.37. The van der Waals surface area contributed by atoms with Gasteiger partial charge in [0.25, 0.3) is 10.0 Å². The number of hydrogen-bond acceptors (Lipinski definition) is 5. The summed E-state index contributed by atoms with van der Waals surface area (Å²) in [5.74, 6) is 0.789. The number of anilines is 1. The lowest BCUT2D eigenvalue weighted by Crippen LogP contribution is -2.19. The Labute approximate surface area is 127 Å². The molecule has 2 rings (SSSR count). The van der Waals surface area contributed by atoms with Crippen molar-refractivity contribution < 1.29 is 13.2 Å².